The molecule has 0 aromatic heterocycles. The molecule has 2 heteroatoms. The molecule has 5 rings (SSSR count). The van der Waals surface area contributed by atoms with Crippen molar-refractivity contribution in [2.75, 3.05) is 7.11 Å². The van der Waals surface area contributed by atoms with Crippen molar-refractivity contribution in [3.05, 3.63) is 208 Å². The average molecular weight is 741 g/mol. The number of hydrogen-bond acceptors (Lipinski definition) is 2. The van der Waals surface area contributed by atoms with Crippen LogP contribution in [0.5, 0.6) is 0 Å². The molecule has 0 bridgehead atoms. The van der Waals surface area contributed by atoms with Crippen LogP contribution >= 0.6 is 0 Å². The van der Waals surface area contributed by atoms with E-state index in [9.17, 15) is 4.79 Å². The lowest BCUT2D eigenvalue weighted by Gasteiger charge is -2.20. The molecule has 0 spiro atoms. The number of allylic oxidation sites excluding steroid dienone is 8. The van der Waals surface area contributed by atoms with Crippen molar-refractivity contribution in [3.63, 3.8) is 0 Å². The van der Waals surface area contributed by atoms with Gasteiger partial charge in [-0.05, 0) is 138 Å². The summed E-state index contributed by atoms with van der Waals surface area (Å²) in [5.74, 6) is -0.335. The van der Waals surface area contributed by atoms with E-state index in [1.54, 1.807) is 6.92 Å². The van der Waals surface area contributed by atoms with Crippen LogP contribution in [0.1, 0.15) is 99.9 Å². The molecule has 0 N–H and O–H groups in total. The number of hydrogen-bond donors (Lipinski definition) is 0. The minimum Gasteiger partial charge on any atom is -0.466 e. The highest BCUT2D eigenvalue weighted by Gasteiger charge is 2.17. The van der Waals surface area contributed by atoms with Crippen molar-refractivity contribution in [1.29, 1.82) is 0 Å². The van der Waals surface area contributed by atoms with Crippen molar-refractivity contribution in [2.24, 2.45) is 0 Å². The summed E-state index contributed by atoms with van der Waals surface area (Å²) in [6.07, 6.45) is 17.8. The van der Waals surface area contributed by atoms with Crippen LogP contribution in [0, 0.1) is 6.92 Å². The summed E-state index contributed by atoms with van der Waals surface area (Å²) >= 11 is 0. The maximum atomic E-state index is 12.4. The Morgan fingerprint density at radius 1 is 0.661 bits per heavy atom. The quantitative estimate of drug-likeness (QED) is 0.0551. The Morgan fingerprint density at radius 3 is 1.89 bits per heavy atom. The van der Waals surface area contributed by atoms with Crippen LogP contribution in [0.3, 0.4) is 0 Å². The van der Waals surface area contributed by atoms with Gasteiger partial charge in [-0.1, -0.05) is 173 Å². The van der Waals surface area contributed by atoms with Gasteiger partial charge in [0.15, 0.2) is 0 Å². The Morgan fingerprint density at radius 2 is 1.25 bits per heavy atom. The van der Waals surface area contributed by atoms with Crippen molar-refractivity contribution in [2.45, 2.75) is 68.7 Å². The Hall–Kier alpha value is -5.99. The fourth-order valence-electron chi connectivity index (χ4n) is 6.48. The lowest BCUT2D eigenvalue weighted by molar-refractivity contribution is -0.136. The summed E-state index contributed by atoms with van der Waals surface area (Å²) in [7, 11) is 1.42. The van der Waals surface area contributed by atoms with Crippen molar-refractivity contribution >= 4 is 34.8 Å². The van der Waals surface area contributed by atoms with Gasteiger partial charge in [-0.3, -0.25) is 0 Å². The average Bonchev–Trinajstić information content (AvgIpc) is 3.26. The number of methoxy groups -OCH3 is 1. The highest BCUT2D eigenvalue weighted by Crippen LogP contribution is 2.38. The maximum absolute atomic E-state index is 12.4. The van der Waals surface area contributed by atoms with Crippen LogP contribution in [-0.4, -0.2) is 13.1 Å². The van der Waals surface area contributed by atoms with Crippen LogP contribution in [-0.2, 0) is 16.0 Å². The lowest BCUT2D eigenvalue weighted by Crippen LogP contribution is -2.02. The molecule has 0 amide bonds. The molecule has 288 valence electrons. The standard InChI is InChI=1S/C50H48O2.2C2H6/c1-7-9-21-36(3)47-34-45(40-24-14-11-15-25-40)35-48(38(47)5)49(46-29-19-18-27-42(46)20-8-2)33-43-28-17-16-26-41(43)30-31-44(32-37(4)50(51)52-6)39-22-12-10-13-23-39;2*1-2/h7-29,31-35H,30H2,1-6H3;2*1-2H3/b9-7-,20-8-,36-21+,37-32+,44-31+,49-33-;;. The number of carbonyl (C=O) groups excluding carboxylic acids is 1. The third-order valence-corrected chi connectivity index (χ3v) is 9.25. The van der Waals surface area contributed by atoms with Gasteiger partial charge >= 0.3 is 5.97 Å². The van der Waals surface area contributed by atoms with Gasteiger partial charge in [0.1, 0.15) is 0 Å². The van der Waals surface area contributed by atoms with Gasteiger partial charge in [0.2, 0.25) is 0 Å². The third kappa shape index (κ3) is 12.0. The van der Waals surface area contributed by atoms with Crippen LogP contribution in [0.25, 0.3) is 40.0 Å². The molecule has 0 aliphatic rings. The molecule has 0 fully saturated rings. The van der Waals surface area contributed by atoms with Crippen molar-refractivity contribution in [3.8, 4) is 11.1 Å². The second-order valence-electron chi connectivity index (χ2n) is 12.8. The first-order valence-electron chi connectivity index (χ1n) is 19.9. The molecule has 0 aliphatic heterocycles. The summed E-state index contributed by atoms with van der Waals surface area (Å²) in [4.78, 5) is 12.4. The molecule has 0 saturated heterocycles. The van der Waals surface area contributed by atoms with Gasteiger partial charge in [-0.25, -0.2) is 4.79 Å². The molecule has 2 nitrogen and oxygen atoms in total. The molecule has 5 aromatic carbocycles. The van der Waals surface area contributed by atoms with Crippen molar-refractivity contribution < 1.29 is 9.53 Å². The number of carbonyl (C=O) groups is 1. The normalized spacial score (nSPS) is 12.2. The van der Waals surface area contributed by atoms with Gasteiger partial charge < -0.3 is 4.74 Å². The van der Waals surface area contributed by atoms with Gasteiger partial charge in [-0.15, -0.1) is 0 Å². The highest BCUT2D eigenvalue weighted by molar-refractivity contribution is 5.98. The van der Waals surface area contributed by atoms with E-state index in [0.29, 0.717) is 12.0 Å². The second-order valence-corrected chi connectivity index (χ2v) is 12.8. The maximum Gasteiger partial charge on any atom is 0.333 e. The van der Waals surface area contributed by atoms with Crippen LogP contribution in [0.15, 0.2) is 163 Å². The van der Waals surface area contributed by atoms with Crippen LogP contribution in [0.4, 0.5) is 0 Å². The first-order chi connectivity index (χ1) is 27.3. The van der Waals surface area contributed by atoms with E-state index in [1.807, 2.05) is 58.9 Å². The fourth-order valence-corrected chi connectivity index (χ4v) is 6.48. The van der Waals surface area contributed by atoms with E-state index < -0.39 is 0 Å². The molecule has 0 heterocycles. The molecule has 0 aliphatic carbocycles. The molecule has 56 heavy (non-hydrogen) atoms. The molecular formula is C54H60O2. The van der Waals surface area contributed by atoms with E-state index >= 15 is 0 Å². The summed E-state index contributed by atoms with van der Waals surface area (Å²) in [5, 5.41) is 0. The SMILES string of the molecule is C/C=C\C=C(/C)c1cc(-c2ccccc2)cc(/C(=C\c2ccccc2C/C=C(\C=C(/C)C(=O)OC)c2ccccc2)c2ccccc2/C=C\C)c1C.CC.CC. The molecule has 0 saturated carbocycles. The summed E-state index contributed by atoms with van der Waals surface area (Å²) in [6, 6.07) is 42.8. The smallest absolute Gasteiger partial charge is 0.333 e. The second kappa shape index (κ2) is 23.7. The van der Waals surface area contributed by atoms with E-state index in [-0.39, 0.29) is 5.97 Å². The number of rotatable bonds is 12. The minimum atomic E-state index is -0.335. The zero-order valence-electron chi connectivity index (χ0n) is 35.2. The first kappa shape index (κ1) is 44.4. The fraction of sp³-hybridized carbons (Fsp3) is 0.204. The lowest BCUT2D eigenvalue weighted by atomic mass is 9.84. The molecule has 0 radical (unpaired) electrons. The topological polar surface area (TPSA) is 26.3 Å². The van der Waals surface area contributed by atoms with Crippen molar-refractivity contribution in [1.82, 2.24) is 0 Å². The number of ether oxygens (including phenoxy) is 1. The Kier molecular flexibility index (Phi) is 18.8. The third-order valence-electron chi connectivity index (χ3n) is 9.25. The largest absolute Gasteiger partial charge is 0.466 e. The molecule has 0 atom stereocenters. The molecular weight excluding hydrogens is 681 g/mol. The van der Waals surface area contributed by atoms with Gasteiger partial charge in [0, 0.05) is 5.57 Å². The highest BCUT2D eigenvalue weighted by atomic mass is 16.5. The summed E-state index contributed by atoms with van der Waals surface area (Å²) < 4.78 is 5.02. The summed E-state index contributed by atoms with van der Waals surface area (Å²) in [6.45, 7) is 18.4. The monoisotopic (exact) mass is 740 g/mol. The van der Waals surface area contributed by atoms with Gasteiger partial charge in [0.25, 0.3) is 0 Å². The van der Waals surface area contributed by atoms with E-state index in [4.69, 9.17) is 4.74 Å². The van der Waals surface area contributed by atoms with E-state index in [0.717, 1.165) is 27.8 Å². The van der Waals surface area contributed by atoms with Gasteiger partial charge in [0.05, 0.1) is 7.11 Å². The molecule has 0 unspecified atom stereocenters. The summed E-state index contributed by atoms with van der Waals surface area (Å²) in [5.41, 5.74) is 15.6. The predicted octanol–water partition coefficient (Wildman–Crippen LogP) is 15.1. The van der Waals surface area contributed by atoms with Gasteiger partial charge in [-0.2, -0.15) is 0 Å². The van der Waals surface area contributed by atoms with E-state index in [2.05, 4.69) is 166 Å². The Balaban J connectivity index is 0.00000204. The zero-order valence-corrected chi connectivity index (χ0v) is 35.2. The predicted molar refractivity (Wildman–Crippen MR) is 246 cm³/mol. The first-order valence-corrected chi connectivity index (χ1v) is 19.9. The number of esters is 1. The number of benzene rings is 5. The zero-order chi connectivity index (χ0) is 40.9. The van der Waals surface area contributed by atoms with Crippen LogP contribution < -0.4 is 0 Å². The van der Waals surface area contributed by atoms with Crippen LogP contribution in [0.2, 0.25) is 0 Å². The molecule has 5 aromatic rings. The Labute approximate surface area is 338 Å². The Bertz CT molecular complexity index is 2190. The minimum absolute atomic E-state index is 0.335. The van der Waals surface area contributed by atoms with E-state index in [1.165, 1.54) is 51.6 Å².